The maximum Gasteiger partial charge on any atom is 0.145 e. The lowest BCUT2D eigenvalue weighted by molar-refractivity contribution is 1.10. The van der Waals surface area contributed by atoms with Crippen LogP contribution in [-0.2, 0) is 0 Å². The topological polar surface area (TPSA) is 17.8 Å². The first-order chi connectivity index (χ1) is 25.4. The number of fused-ring (bicyclic) bond motifs is 3. The van der Waals surface area contributed by atoms with Crippen molar-refractivity contribution in [2.24, 2.45) is 0 Å². The third-order valence-corrected chi connectivity index (χ3v) is 11.4. The number of hydrogen-bond acceptors (Lipinski definition) is 1. The monoisotopic (exact) mass is 658 g/mol. The molecule has 1 heterocycles. The Morgan fingerprint density at radius 1 is 0.385 bits per heavy atom. The highest BCUT2D eigenvalue weighted by atomic mass is 15.1. The molecule has 1 aromatic heterocycles. The summed E-state index contributed by atoms with van der Waals surface area (Å²) in [5, 5.41) is 4.95. The smallest absolute Gasteiger partial charge is 0.145 e. The summed E-state index contributed by atoms with van der Waals surface area (Å²) in [5.74, 6) is 0.934. The first-order valence-corrected chi connectivity index (χ1v) is 18.2. The van der Waals surface area contributed by atoms with Gasteiger partial charge in [0.15, 0.2) is 0 Å². The number of benzene rings is 8. The molecule has 0 N–H and O–H groups in total. The van der Waals surface area contributed by atoms with E-state index in [0.717, 1.165) is 28.1 Å². The lowest BCUT2D eigenvalue weighted by Crippen LogP contribution is -2.55. The van der Waals surface area contributed by atoms with Gasteiger partial charge in [0.25, 0.3) is 0 Å². The van der Waals surface area contributed by atoms with Crippen molar-refractivity contribution in [1.29, 1.82) is 0 Å². The molecule has 0 bridgehead atoms. The zero-order valence-electron chi connectivity index (χ0n) is 30.3. The SMILES string of the molecule is Bc1c(B)c(B)c(-c2cccc(-c3c4ccccc4c(-c4ccccc4-n4c(-c5ccccc5)nc5ccccc54)c4ccccc34)c2)c(B)c1B. The summed E-state index contributed by atoms with van der Waals surface area (Å²) in [6.07, 6.45) is 0. The zero-order chi connectivity index (χ0) is 35.5. The molecular weight excluding hydrogens is 623 g/mol. The van der Waals surface area contributed by atoms with E-state index in [2.05, 4.69) is 195 Å². The molecule has 2 nitrogen and oxygen atoms in total. The second-order valence-electron chi connectivity index (χ2n) is 14.1. The third kappa shape index (κ3) is 4.99. The van der Waals surface area contributed by atoms with E-state index in [1.54, 1.807) is 0 Å². The molecule has 8 aromatic carbocycles. The number of nitrogens with zero attached hydrogens (tertiary/aromatic N) is 2. The highest BCUT2D eigenvalue weighted by molar-refractivity contribution is 6.68. The number of para-hydroxylation sites is 3. The molecule has 0 amide bonds. The minimum atomic E-state index is 0.934. The van der Waals surface area contributed by atoms with Gasteiger partial charge >= 0.3 is 0 Å². The predicted molar refractivity (Wildman–Crippen MR) is 239 cm³/mol. The van der Waals surface area contributed by atoms with Gasteiger partial charge in [-0.1, -0.05) is 138 Å². The summed E-state index contributed by atoms with van der Waals surface area (Å²) in [4.78, 5) is 5.20. The summed E-state index contributed by atoms with van der Waals surface area (Å²) in [6, 6.07) is 54.9. The quantitative estimate of drug-likeness (QED) is 0.205. The van der Waals surface area contributed by atoms with Crippen LogP contribution in [0.5, 0.6) is 0 Å². The van der Waals surface area contributed by atoms with E-state index in [4.69, 9.17) is 4.98 Å². The Hall–Kier alpha value is -5.93. The molecule has 52 heavy (non-hydrogen) atoms. The number of imidazole rings is 1. The van der Waals surface area contributed by atoms with Crippen molar-refractivity contribution in [3.05, 3.63) is 152 Å². The van der Waals surface area contributed by atoms with Crippen LogP contribution in [-0.4, -0.2) is 48.8 Å². The highest BCUT2D eigenvalue weighted by Gasteiger charge is 2.22. The van der Waals surface area contributed by atoms with Crippen molar-refractivity contribution in [1.82, 2.24) is 9.55 Å². The van der Waals surface area contributed by atoms with Crippen LogP contribution in [0.25, 0.3) is 83.0 Å². The summed E-state index contributed by atoms with van der Waals surface area (Å²) >= 11 is 0. The first kappa shape index (κ1) is 32.0. The maximum atomic E-state index is 5.20. The summed E-state index contributed by atoms with van der Waals surface area (Å²) in [6.45, 7) is 0. The van der Waals surface area contributed by atoms with Gasteiger partial charge in [-0.2, -0.15) is 0 Å². The molecule has 9 aromatic rings. The van der Waals surface area contributed by atoms with Gasteiger partial charge in [-0.15, -0.1) is 16.4 Å². The van der Waals surface area contributed by atoms with Crippen molar-refractivity contribution in [2.45, 2.75) is 0 Å². The summed E-state index contributed by atoms with van der Waals surface area (Å²) in [7, 11) is 11.3. The van der Waals surface area contributed by atoms with Gasteiger partial charge in [0.2, 0.25) is 0 Å². The van der Waals surface area contributed by atoms with Crippen LogP contribution in [0.15, 0.2) is 152 Å². The fourth-order valence-electron chi connectivity index (χ4n) is 8.42. The summed E-state index contributed by atoms with van der Waals surface area (Å²) < 4.78 is 2.34. The second kappa shape index (κ2) is 12.7. The standard InChI is InChI=1S/C45H35B5N2/c46-40-38(41(47)43(49)44(50)42(40)48)28-16-12-15-27(25-28)37-29-17-4-6-19-31(29)39(32-20-7-5-18-30(32)37)33-21-8-10-23-35(33)52-36-24-11-9-22-34(36)51-45(52)26-13-2-1-3-14-26/h1-25H,46-50H2. The third-order valence-electron chi connectivity index (χ3n) is 11.4. The van der Waals surface area contributed by atoms with Crippen LogP contribution in [0.2, 0.25) is 0 Å². The minimum Gasteiger partial charge on any atom is -0.292 e. The Balaban J connectivity index is 1.34. The van der Waals surface area contributed by atoms with Gasteiger partial charge in [0.05, 0.1) is 16.7 Å². The number of aromatic nitrogens is 2. The number of hydrogen-bond donors (Lipinski definition) is 0. The van der Waals surface area contributed by atoms with Crippen molar-refractivity contribution >= 4 is 99.1 Å². The van der Waals surface area contributed by atoms with Gasteiger partial charge in [0.1, 0.15) is 45.1 Å². The highest BCUT2D eigenvalue weighted by Crippen LogP contribution is 2.46. The molecule has 0 atom stereocenters. The number of rotatable bonds is 5. The van der Waals surface area contributed by atoms with E-state index in [9.17, 15) is 0 Å². The lowest BCUT2D eigenvalue weighted by atomic mass is 9.59. The van der Waals surface area contributed by atoms with Crippen LogP contribution in [0, 0.1) is 0 Å². The molecule has 0 fully saturated rings. The predicted octanol–water partition coefficient (Wildman–Crippen LogP) is 3.29. The second-order valence-corrected chi connectivity index (χ2v) is 14.1. The van der Waals surface area contributed by atoms with Gasteiger partial charge in [-0.05, 0) is 73.6 Å². The zero-order valence-corrected chi connectivity index (χ0v) is 30.3. The molecular formula is C45H35B5N2. The first-order valence-electron chi connectivity index (χ1n) is 18.2. The van der Waals surface area contributed by atoms with Crippen molar-refractivity contribution < 1.29 is 0 Å². The fraction of sp³-hybridized carbons (Fsp3) is 0. The molecule has 7 heteroatoms. The Morgan fingerprint density at radius 3 is 1.52 bits per heavy atom. The van der Waals surface area contributed by atoms with Gasteiger partial charge in [-0.25, -0.2) is 4.98 Å². The molecule has 0 unspecified atom stereocenters. The molecule has 9 rings (SSSR count). The maximum absolute atomic E-state index is 5.20. The molecule has 0 saturated heterocycles. The van der Waals surface area contributed by atoms with Gasteiger partial charge in [0, 0.05) is 11.1 Å². The average Bonchev–Trinajstić information content (AvgIpc) is 3.58. The Kier molecular flexibility index (Phi) is 7.81. The fourth-order valence-corrected chi connectivity index (χ4v) is 8.42. The molecule has 240 valence electrons. The van der Waals surface area contributed by atoms with E-state index in [-0.39, 0.29) is 0 Å². The van der Waals surface area contributed by atoms with E-state index in [1.165, 1.54) is 82.2 Å². The Labute approximate surface area is 309 Å². The van der Waals surface area contributed by atoms with Crippen molar-refractivity contribution in [3.8, 4) is 50.5 Å². The molecule has 0 aliphatic carbocycles. The Bertz CT molecular complexity index is 2770. The molecule has 0 aliphatic rings. The largest absolute Gasteiger partial charge is 0.292 e. The summed E-state index contributed by atoms with van der Waals surface area (Å²) in [5.41, 5.74) is 18.6. The van der Waals surface area contributed by atoms with Crippen LogP contribution < -0.4 is 27.3 Å². The van der Waals surface area contributed by atoms with Crippen molar-refractivity contribution in [2.75, 3.05) is 0 Å². The van der Waals surface area contributed by atoms with E-state index < -0.39 is 0 Å². The minimum absolute atomic E-state index is 0.934. The van der Waals surface area contributed by atoms with Crippen LogP contribution in [0.3, 0.4) is 0 Å². The van der Waals surface area contributed by atoms with E-state index in [0.29, 0.717) is 0 Å². The lowest BCUT2D eigenvalue weighted by Gasteiger charge is -2.22. The van der Waals surface area contributed by atoms with Crippen LogP contribution in [0.4, 0.5) is 0 Å². The van der Waals surface area contributed by atoms with E-state index in [1.807, 2.05) is 0 Å². The molecule has 0 saturated carbocycles. The Morgan fingerprint density at radius 2 is 0.865 bits per heavy atom. The van der Waals surface area contributed by atoms with Gasteiger partial charge in [-0.3, -0.25) is 4.57 Å². The molecule has 0 aliphatic heterocycles. The normalized spacial score (nSPS) is 11.5. The molecule has 0 radical (unpaired) electrons. The van der Waals surface area contributed by atoms with Crippen LogP contribution in [0.1, 0.15) is 0 Å². The van der Waals surface area contributed by atoms with Gasteiger partial charge < -0.3 is 0 Å². The average molecular weight is 658 g/mol. The van der Waals surface area contributed by atoms with E-state index >= 15 is 0 Å². The van der Waals surface area contributed by atoms with Crippen LogP contribution >= 0.6 is 0 Å². The molecule has 0 spiro atoms. The van der Waals surface area contributed by atoms with Crippen molar-refractivity contribution in [3.63, 3.8) is 0 Å².